The molecule has 1 aromatic carbocycles. The van der Waals surface area contributed by atoms with Crippen LogP contribution in [0.25, 0.3) is 0 Å². The molecule has 0 aliphatic carbocycles. The normalized spacial score (nSPS) is 17.2. The lowest BCUT2D eigenvalue weighted by Crippen LogP contribution is -2.40. The van der Waals surface area contributed by atoms with E-state index in [0.29, 0.717) is 23.6 Å². The Morgan fingerprint density at radius 1 is 1.24 bits per heavy atom. The van der Waals surface area contributed by atoms with Crippen LogP contribution < -0.4 is 19.7 Å². The maximum Gasteiger partial charge on any atom is 0.407 e. The fourth-order valence-electron chi connectivity index (χ4n) is 2.82. The summed E-state index contributed by atoms with van der Waals surface area (Å²) < 4.78 is 15.9. The van der Waals surface area contributed by atoms with Gasteiger partial charge in [0.2, 0.25) is 0 Å². The first-order valence-electron chi connectivity index (χ1n) is 8.23. The Labute approximate surface area is 148 Å². The van der Waals surface area contributed by atoms with Crippen LogP contribution in [0.1, 0.15) is 37.6 Å². The van der Waals surface area contributed by atoms with E-state index in [1.165, 1.54) is 7.11 Å². The van der Waals surface area contributed by atoms with Crippen LogP contribution in [-0.2, 0) is 4.74 Å². The molecule has 0 aromatic heterocycles. The van der Waals surface area contributed by atoms with Crippen molar-refractivity contribution in [3.05, 3.63) is 17.7 Å². The Bertz CT molecular complexity index is 639. The zero-order valence-corrected chi connectivity index (χ0v) is 15.4. The average molecular weight is 350 g/mol. The lowest BCUT2D eigenvalue weighted by Gasteiger charge is -2.23. The largest absolute Gasteiger partial charge is 0.493 e. The number of anilines is 1. The number of hydrogen-bond acceptors (Lipinski definition) is 6. The number of alkyl carbamates (subject to hydrolysis) is 1. The highest BCUT2D eigenvalue weighted by Crippen LogP contribution is 2.35. The molecular weight excluding hydrogens is 324 g/mol. The van der Waals surface area contributed by atoms with Crippen molar-refractivity contribution in [3.8, 4) is 11.5 Å². The van der Waals surface area contributed by atoms with Gasteiger partial charge in [0.05, 0.1) is 25.9 Å². The highest BCUT2D eigenvalue weighted by Gasteiger charge is 2.28. The summed E-state index contributed by atoms with van der Waals surface area (Å²) >= 11 is 0. The van der Waals surface area contributed by atoms with Crippen molar-refractivity contribution in [1.29, 1.82) is 0 Å². The second-order valence-corrected chi connectivity index (χ2v) is 6.96. The molecule has 7 nitrogen and oxygen atoms in total. The summed E-state index contributed by atoms with van der Waals surface area (Å²) in [4.78, 5) is 25.4. The Morgan fingerprint density at radius 3 is 2.44 bits per heavy atom. The molecule has 7 heteroatoms. The summed E-state index contributed by atoms with van der Waals surface area (Å²) in [5, 5.41) is 2.88. The number of ether oxygens (including phenoxy) is 3. The maximum atomic E-state index is 11.9. The molecule has 1 N–H and O–H groups in total. The fourth-order valence-corrected chi connectivity index (χ4v) is 2.82. The summed E-state index contributed by atoms with van der Waals surface area (Å²) in [5.41, 5.74) is 0.757. The van der Waals surface area contributed by atoms with Crippen LogP contribution in [0.4, 0.5) is 10.5 Å². The molecule has 0 saturated carbocycles. The van der Waals surface area contributed by atoms with Gasteiger partial charge in [-0.1, -0.05) is 0 Å². The first kappa shape index (κ1) is 18.9. The van der Waals surface area contributed by atoms with E-state index in [0.717, 1.165) is 24.9 Å². The number of methoxy groups -OCH3 is 2. The van der Waals surface area contributed by atoms with Gasteiger partial charge < -0.3 is 24.4 Å². The molecule has 1 atom stereocenters. The van der Waals surface area contributed by atoms with E-state index in [1.807, 2.05) is 25.7 Å². The molecule has 1 aliphatic heterocycles. The third kappa shape index (κ3) is 4.78. The van der Waals surface area contributed by atoms with Gasteiger partial charge in [0.1, 0.15) is 5.60 Å². The number of nitrogens with one attached hydrogen (secondary N) is 1. The van der Waals surface area contributed by atoms with Crippen LogP contribution in [0.2, 0.25) is 0 Å². The Morgan fingerprint density at radius 2 is 1.88 bits per heavy atom. The van der Waals surface area contributed by atoms with Crippen LogP contribution in [0.15, 0.2) is 12.1 Å². The van der Waals surface area contributed by atoms with Crippen molar-refractivity contribution < 1.29 is 23.8 Å². The van der Waals surface area contributed by atoms with Gasteiger partial charge in [-0.3, -0.25) is 4.79 Å². The molecule has 0 radical (unpaired) electrons. The highest BCUT2D eigenvalue weighted by molar-refractivity contribution is 5.87. The fraction of sp³-hybridized carbons (Fsp3) is 0.556. The first-order valence-corrected chi connectivity index (χ1v) is 8.23. The van der Waals surface area contributed by atoms with Gasteiger partial charge in [0.15, 0.2) is 17.8 Å². The number of hydrogen-bond donors (Lipinski definition) is 1. The summed E-state index contributed by atoms with van der Waals surface area (Å²) in [6.45, 7) is 6.79. The zero-order valence-electron chi connectivity index (χ0n) is 15.4. The van der Waals surface area contributed by atoms with Crippen molar-refractivity contribution in [2.75, 3.05) is 32.2 Å². The third-order valence-corrected chi connectivity index (χ3v) is 3.91. The predicted molar refractivity (Wildman–Crippen MR) is 94.9 cm³/mol. The van der Waals surface area contributed by atoms with Crippen molar-refractivity contribution in [2.24, 2.45) is 0 Å². The second-order valence-electron chi connectivity index (χ2n) is 6.96. The van der Waals surface area contributed by atoms with Crippen molar-refractivity contribution in [3.63, 3.8) is 0 Å². The monoisotopic (exact) mass is 350 g/mol. The number of aldehydes is 1. The van der Waals surface area contributed by atoms with E-state index in [9.17, 15) is 9.59 Å². The Kier molecular flexibility index (Phi) is 5.77. The number of benzene rings is 1. The van der Waals surface area contributed by atoms with Crippen LogP contribution in [0.5, 0.6) is 11.5 Å². The van der Waals surface area contributed by atoms with E-state index >= 15 is 0 Å². The molecule has 1 saturated heterocycles. The molecular formula is C18H26N2O5. The Balaban J connectivity index is 2.11. The molecule has 1 aromatic rings. The minimum absolute atomic E-state index is 0.0394. The smallest absolute Gasteiger partial charge is 0.407 e. The van der Waals surface area contributed by atoms with E-state index in [1.54, 1.807) is 19.2 Å². The number of amides is 1. The zero-order chi connectivity index (χ0) is 18.6. The standard InChI is InChI=1S/C18H26N2O5/c1-18(2,3)25-17(22)19-13-6-7-20(10-13)14-9-16(24-5)15(23-4)8-12(14)11-21/h8-9,11,13H,6-7,10H2,1-5H3,(H,19,22). The van der Waals surface area contributed by atoms with Crippen LogP contribution >= 0.6 is 0 Å². The predicted octanol–water partition coefficient (Wildman–Crippen LogP) is 2.62. The number of carbonyl (C=O) groups is 2. The summed E-state index contributed by atoms with van der Waals surface area (Å²) in [7, 11) is 3.09. The van der Waals surface area contributed by atoms with Crippen molar-refractivity contribution in [1.82, 2.24) is 5.32 Å². The lowest BCUT2D eigenvalue weighted by atomic mass is 10.1. The van der Waals surface area contributed by atoms with Crippen LogP contribution in [0.3, 0.4) is 0 Å². The molecule has 1 amide bonds. The Hall–Kier alpha value is -2.44. The first-order chi connectivity index (χ1) is 11.8. The van der Waals surface area contributed by atoms with Gasteiger partial charge in [-0.15, -0.1) is 0 Å². The van der Waals surface area contributed by atoms with Gasteiger partial charge in [-0.2, -0.15) is 0 Å². The highest BCUT2D eigenvalue weighted by atomic mass is 16.6. The third-order valence-electron chi connectivity index (χ3n) is 3.91. The van der Waals surface area contributed by atoms with E-state index in [-0.39, 0.29) is 6.04 Å². The van der Waals surface area contributed by atoms with Crippen LogP contribution in [0, 0.1) is 0 Å². The van der Waals surface area contributed by atoms with E-state index in [2.05, 4.69) is 5.32 Å². The van der Waals surface area contributed by atoms with Gasteiger partial charge in [0, 0.05) is 24.7 Å². The number of rotatable bonds is 5. The summed E-state index contributed by atoms with van der Waals surface area (Å²) in [6, 6.07) is 3.41. The van der Waals surface area contributed by atoms with Crippen LogP contribution in [-0.4, -0.2) is 51.3 Å². The van der Waals surface area contributed by atoms with Crippen molar-refractivity contribution in [2.45, 2.75) is 38.8 Å². The molecule has 0 spiro atoms. The average Bonchev–Trinajstić information content (AvgIpc) is 2.99. The summed E-state index contributed by atoms with van der Waals surface area (Å²) in [5.74, 6) is 1.07. The number of nitrogens with zero attached hydrogens (tertiary/aromatic N) is 1. The molecule has 2 rings (SSSR count). The maximum absolute atomic E-state index is 11.9. The molecule has 0 bridgehead atoms. The molecule has 1 fully saturated rings. The topological polar surface area (TPSA) is 77.1 Å². The lowest BCUT2D eigenvalue weighted by molar-refractivity contribution is 0.0509. The molecule has 138 valence electrons. The SMILES string of the molecule is COc1cc(C=O)c(N2CCC(NC(=O)OC(C)(C)C)C2)cc1OC. The van der Waals surface area contributed by atoms with Gasteiger partial charge in [-0.25, -0.2) is 4.79 Å². The van der Waals surface area contributed by atoms with Gasteiger partial charge in [-0.05, 0) is 33.3 Å². The summed E-state index contributed by atoms with van der Waals surface area (Å²) in [6.07, 6.45) is 1.14. The second kappa shape index (κ2) is 7.63. The quantitative estimate of drug-likeness (QED) is 0.823. The van der Waals surface area contributed by atoms with Crippen molar-refractivity contribution >= 4 is 18.1 Å². The molecule has 25 heavy (non-hydrogen) atoms. The minimum atomic E-state index is -0.531. The molecule has 1 heterocycles. The van der Waals surface area contributed by atoms with E-state index < -0.39 is 11.7 Å². The minimum Gasteiger partial charge on any atom is -0.493 e. The van der Waals surface area contributed by atoms with Gasteiger partial charge in [0.25, 0.3) is 0 Å². The van der Waals surface area contributed by atoms with E-state index in [4.69, 9.17) is 14.2 Å². The van der Waals surface area contributed by atoms with Gasteiger partial charge >= 0.3 is 6.09 Å². The molecule has 1 unspecified atom stereocenters. The number of carbonyl (C=O) groups excluding carboxylic acids is 2. The molecule has 1 aliphatic rings.